The second-order valence-electron chi connectivity index (χ2n) is 7.24. The van der Waals surface area contributed by atoms with Crippen LogP contribution in [-0.2, 0) is 0 Å². The van der Waals surface area contributed by atoms with Gasteiger partial charge < -0.3 is 16.0 Å². The molecule has 168 valence electrons. The number of aromatic nitrogens is 4. The van der Waals surface area contributed by atoms with Gasteiger partial charge >= 0.3 is 0 Å². The van der Waals surface area contributed by atoms with Crippen LogP contribution < -0.4 is 11.1 Å². The minimum atomic E-state index is -0.745. The zero-order valence-electron chi connectivity index (χ0n) is 17.7. The molecule has 0 aliphatic heterocycles. The van der Waals surface area contributed by atoms with Crippen molar-refractivity contribution >= 4 is 11.6 Å². The number of carbonyl (C=O) groups is 1. The van der Waals surface area contributed by atoms with Gasteiger partial charge in [-0.2, -0.15) is 5.26 Å². The number of nitrogens with one attached hydrogen (secondary N) is 2. The van der Waals surface area contributed by atoms with Gasteiger partial charge in [0.1, 0.15) is 11.6 Å². The predicted octanol–water partition coefficient (Wildman–Crippen LogP) is 2.74. The number of rotatable bonds is 7. The van der Waals surface area contributed by atoms with Crippen LogP contribution in [0.1, 0.15) is 27.8 Å². The largest absolute Gasteiger partial charge is 0.350 e. The Balaban J connectivity index is 1.57. The van der Waals surface area contributed by atoms with Crippen molar-refractivity contribution in [2.75, 3.05) is 6.54 Å². The van der Waals surface area contributed by atoms with Crippen LogP contribution in [0.4, 0.5) is 5.69 Å². The molecule has 4 N–H and O–H groups in total. The number of non-ortho nitro benzene ring substituents is 1. The van der Waals surface area contributed by atoms with E-state index in [1.165, 1.54) is 24.3 Å². The number of nitrogens with zero attached hydrogens (tertiary/aromatic N) is 5. The van der Waals surface area contributed by atoms with Gasteiger partial charge in [0.2, 0.25) is 0 Å². The van der Waals surface area contributed by atoms with Crippen LogP contribution in [0.15, 0.2) is 67.1 Å². The molecular formula is C23H18N8O3. The Morgan fingerprint density at radius 3 is 2.71 bits per heavy atom. The Morgan fingerprint density at radius 2 is 2.03 bits per heavy atom. The lowest BCUT2D eigenvalue weighted by atomic mass is 10.0. The van der Waals surface area contributed by atoms with Gasteiger partial charge in [-0.05, 0) is 18.2 Å². The molecule has 34 heavy (non-hydrogen) atoms. The second-order valence-corrected chi connectivity index (χ2v) is 7.24. The molecule has 0 aliphatic rings. The molecule has 2 heterocycles. The van der Waals surface area contributed by atoms with E-state index in [4.69, 9.17) is 11.0 Å². The van der Waals surface area contributed by atoms with E-state index in [1.54, 1.807) is 42.9 Å². The van der Waals surface area contributed by atoms with Crippen LogP contribution in [0.3, 0.4) is 0 Å². The number of hydrogen-bond acceptors (Lipinski definition) is 8. The number of H-pyrrole nitrogens is 1. The summed E-state index contributed by atoms with van der Waals surface area (Å²) in [5.74, 6) is 0.353. The first-order chi connectivity index (χ1) is 16.5. The number of nitriles is 1. The Morgan fingerprint density at radius 1 is 1.24 bits per heavy atom. The first-order valence-electron chi connectivity index (χ1n) is 10.1. The van der Waals surface area contributed by atoms with Gasteiger partial charge in [0.05, 0.1) is 33.9 Å². The number of carbonyl (C=O) groups excluding carboxylic acids is 1. The summed E-state index contributed by atoms with van der Waals surface area (Å²) < 4.78 is 0. The molecule has 1 unspecified atom stereocenters. The minimum absolute atomic E-state index is 0.00837. The highest BCUT2D eigenvalue weighted by Gasteiger charge is 2.18. The van der Waals surface area contributed by atoms with Gasteiger partial charge in [-0.15, -0.1) is 0 Å². The highest BCUT2D eigenvalue weighted by molar-refractivity contribution is 5.94. The molecular weight excluding hydrogens is 436 g/mol. The van der Waals surface area contributed by atoms with Crippen molar-refractivity contribution in [1.82, 2.24) is 25.3 Å². The third-order valence-corrected chi connectivity index (χ3v) is 4.98. The van der Waals surface area contributed by atoms with Crippen molar-refractivity contribution in [3.8, 4) is 28.7 Å². The summed E-state index contributed by atoms with van der Waals surface area (Å²) in [5.41, 5.74) is 8.67. The number of amides is 1. The smallest absolute Gasteiger partial charge is 0.270 e. The van der Waals surface area contributed by atoms with E-state index in [0.29, 0.717) is 22.6 Å². The first kappa shape index (κ1) is 22.3. The molecule has 4 rings (SSSR count). The maximum atomic E-state index is 12.4. The zero-order chi connectivity index (χ0) is 24.1. The van der Waals surface area contributed by atoms with Crippen LogP contribution in [0.5, 0.6) is 0 Å². The molecule has 0 bridgehead atoms. The van der Waals surface area contributed by atoms with Crippen molar-refractivity contribution in [2.24, 2.45) is 5.73 Å². The standard InChI is InChI=1S/C23H18N8O3/c24-11-14-4-6-15(7-5-14)20-18(21-26-8-9-27-21)12-28-22(30-20)19(25)13-29-23(32)16-2-1-3-17(10-16)31(33)34/h1-10,12,19H,13,25H2,(H,26,27)(H,29,32). The van der Waals surface area contributed by atoms with Crippen molar-refractivity contribution in [3.63, 3.8) is 0 Å². The van der Waals surface area contributed by atoms with Gasteiger partial charge in [-0.25, -0.2) is 15.0 Å². The summed E-state index contributed by atoms with van der Waals surface area (Å²) >= 11 is 0. The Bertz CT molecular complexity index is 1380. The second kappa shape index (κ2) is 9.68. The molecule has 11 nitrogen and oxygen atoms in total. The molecule has 0 saturated heterocycles. The molecule has 1 amide bonds. The van der Waals surface area contributed by atoms with Gasteiger partial charge in [0, 0.05) is 48.4 Å². The number of aromatic amines is 1. The molecule has 4 aromatic rings. The van der Waals surface area contributed by atoms with Crippen LogP contribution >= 0.6 is 0 Å². The van der Waals surface area contributed by atoms with Crippen molar-refractivity contribution in [2.45, 2.75) is 6.04 Å². The van der Waals surface area contributed by atoms with E-state index >= 15 is 0 Å². The lowest BCUT2D eigenvalue weighted by Crippen LogP contribution is -2.33. The number of hydrogen-bond donors (Lipinski definition) is 3. The maximum Gasteiger partial charge on any atom is 0.270 e. The highest BCUT2D eigenvalue weighted by atomic mass is 16.6. The Hall–Kier alpha value is -4.95. The van der Waals surface area contributed by atoms with Crippen LogP contribution in [0, 0.1) is 21.4 Å². The Labute approximate surface area is 193 Å². The summed E-state index contributed by atoms with van der Waals surface area (Å²) in [7, 11) is 0. The molecule has 0 aliphatic carbocycles. The monoisotopic (exact) mass is 454 g/mol. The summed E-state index contributed by atoms with van der Waals surface area (Å²) in [5, 5.41) is 22.7. The van der Waals surface area contributed by atoms with E-state index in [-0.39, 0.29) is 23.6 Å². The number of nitrogens with two attached hydrogens (primary N) is 1. The van der Waals surface area contributed by atoms with Crippen molar-refractivity contribution < 1.29 is 9.72 Å². The van der Waals surface area contributed by atoms with E-state index in [1.807, 2.05) is 0 Å². The quantitative estimate of drug-likeness (QED) is 0.282. The third-order valence-electron chi connectivity index (χ3n) is 4.98. The fourth-order valence-electron chi connectivity index (χ4n) is 3.24. The normalized spacial score (nSPS) is 11.4. The topological polar surface area (TPSA) is 177 Å². The van der Waals surface area contributed by atoms with E-state index in [9.17, 15) is 14.9 Å². The zero-order valence-corrected chi connectivity index (χ0v) is 17.7. The maximum absolute atomic E-state index is 12.4. The number of imidazole rings is 1. The van der Waals surface area contributed by atoms with Gasteiger partial charge in [-0.1, -0.05) is 18.2 Å². The van der Waals surface area contributed by atoms with E-state index in [0.717, 1.165) is 5.56 Å². The average Bonchev–Trinajstić information content (AvgIpc) is 3.41. The van der Waals surface area contributed by atoms with Crippen LogP contribution in [0.2, 0.25) is 0 Å². The third kappa shape index (κ3) is 4.77. The molecule has 11 heteroatoms. The summed E-state index contributed by atoms with van der Waals surface area (Å²) in [6.07, 6.45) is 4.89. The summed E-state index contributed by atoms with van der Waals surface area (Å²) in [6.45, 7) is 0.00837. The molecule has 2 aromatic heterocycles. The van der Waals surface area contributed by atoms with Crippen molar-refractivity contribution in [1.29, 1.82) is 5.26 Å². The minimum Gasteiger partial charge on any atom is -0.350 e. The Kier molecular flexibility index (Phi) is 6.33. The molecule has 1 atom stereocenters. The molecule has 2 aromatic carbocycles. The molecule has 0 fully saturated rings. The number of benzene rings is 2. The first-order valence-corrected chi connectivity index (χ1v) is 10.1. The number of nitro benzene ring substituents is 1. The van der Waals surface area contributed by atoms with Gasteiger partial charge in [0.25, 0.3) is 11.6 Å². The number of nitro groups is 1. The van der Waals surface area contributed by atoms with Crippen molar-refractivity contribution in [3.05, 3.63) is 94.2 Å². The fourth-order valence-corrected chi connectivity index (χ4v) is 3.24. The summed E-state index contributed by atoms with van der Waals surface area (Å²) in [4.78, 5) is 39.1. The van der Waals surface area contributed by atoms with E-state index in [2.05, 4.69) is 31.3 Å². The van der Waals surface area contributed by atoms with Gasteiger partial charge in [-0.3, -0.25) is 14.9 Å². The molecule has 0 spiro atoms. The summed E-state index contributed by atoms with van der Waals surface area (Å²) in [6, 6.07) is 13.7. The fraction of sp³-hybridized carbons (Fsp3) is 0.0870. The van der Waals surface area contributed by atoms with Crippen LogP contribution in [0.25, 0.3) is 22.6 Å². The average molecular weight is 454 g/mol. The molecule has 0 saturated carbocycles. The highest BCUT2D eigenvalue weighted by Crippen LogP contribution is 2.29. The molecule has 0 radical (unpaired) electrons. The predicted molar refractivity (Wildman–Crippen MR) is 122 cm³/mol. The lowest BCUT2D eigenvalue weighted by molar-refractivity contribution is -0.384. The van der Waals surface area contributed by atoms with Gasteiger partial charge in [0.15, 0.2) is 0 Å². The van der Waals surface area contributed by atoms with Crippen LogP contribution in [-0.4, -0.2) is 37.3 Å². The SMILES string of the molecule is N#Cc1ccc(-c2nc(C(N)CNC(=O)c3cccc([N+](=O)[O-])c3)ncc2-c2ncc[nH]2)cc1. The lowest BCUT2D eigenvalue weighted by Gasteiger charge is -2.14. The van der Waals surface area contributed by atoms with E-state index < -0.39 is 16.9 Å².